The summed E-state index contributed by atoms with van der Waals surface area (Å²) < 4.78 is 8.74. The molecule has 7 aromatic carbocycles. The van der Waals surface area contributed by atoms with Crippen molar-refractivity contribution in [3.05, 3.63) is 163 Å². The maximum atomic E-state index is 6.30. The van der Waals surface area contributed by atoms with E-state index < -0.39 is 0 Å². The molecule has 0 saturated carbocycles. The molecule has 0 bridgehead atoms. The van der Waals surface area contributed by atoms with Crippen LogP contribution in [0.3, 0.4) is 0 Å². The van der Waals surface area contributed by atoms with E-state index in [2.05, 4.69) is 141 Å². The van der Waals surface area contributed by atoms with E-state index in [4.69, 9.17) is 19.4 Å². The van der Waals surface area contributed by atoms with Gasteiger partial charge >= 0.3 is 0 Å². The Morgan fingerprint density at radius 1 is 0.472 bits per heavy atom. The lowest BCUT2D eigenvalue weighted by Gasteiger charge is -2.22. The van der Waals surface area contributed by atoms with Crippen LogP contribution in [0.5, 0.6) is 0 Å². The number of rotatable bonds is 4. The molecule has 4 nitrogen and oxygen atoms in total. The van der Waals surface area contributed by atoms with Gasteiger partial charge in [-0.15, -0.1) is 11.3 Å². The van der Waals surface area contributed by atoms with Crippen LogP contribution in [0, 0.1) is 0 Å². The van der Waals surface area contributed by atoms with Crippen LogP contribution in [0.4, 0.5) is 0 Å². The predicted octanol–water partition coefficient (Wildman–Crippen LogP) is 13.1. The van der Waals surface area contributed by atoms with Crippen LogP contribution >= 0.6 is 11.3 Å². The fourth-order valence-corrected chi connectivity index (χ4v) is 9.54. The third-order valence-electron chi connectivity index (χ3n) is 10.9. The largest absolute Gasteiger partial charge is 0.456 e. The second-order valence-corrected chi connectivity index (χ2v) is 15.4. The van der Waals surface area contributed by atoms with Crippen molar-refractivity contribution in [2.75, 3.05) is 0 Å². The third kappa shape index (κ3) is 4.57. The van der Waals surface area contributed by atoms with E-state index in [1.807, 2.05) is 24.3 Å². The average Bonchev–Trinajstić information content (AvgIpc) is 3.85. The Hall–Kier alpha value is -6.43. The molecule has 0 fully saturated rings. The van der Waals surface area contributed by atoms with Gasteiger partial charge < -0.3 is 4.42 Å². The molecule has 11 rings (SSSR count). The van der Waals surface area contributed by atoms with Crippen molar-refractivity contribution < 1.29 is 4.42 Å². The molecule has 0 amide bonds. The molecule has 0 atom stereocenters. The van der Waals surface area contributed by atoms with Crippen molar-refractivity contribution in [1.29, 1.82) is 0 Å². The number of fused-ring (bicyclic) bond motifs is 10. The molecule has 0 N–H and O–H groups in total. The Morgan fingerprint density at radius 3 is 2.04 bits per heavy atom. The molecule has 0 spiro atoms. The van der Waals surface area contributed by atoms with Gasteiger partial charge in [-0.25, -0.2) is 15.0 Å². The first-order chi connectivity index (χ1) is 26.0. The highest BCUT2D eigenvalue weighted by Gasteiger charge is 2.37. The summed E-state index contributed by atoms with van der Waals surface area (Å²) in [7, 11) is 0. The Kier molecular flexibility index (Phi) is 6.43. The number of nitrogens with zero attached hydrogens (tertiary/aromatic N) is 3. The van der Waals surface area contributed by atoms with Crippen molar-refractivity contribution in [3.8, 4) is 56.4 Å². The second-order valence-electron chi connectivity index (χ2n) is 14.4. The minimum absolute atomic E-state index is 0.174. The summed E-state index contributed by atoms with van der Waals surface area (Å²) in [5, 5.41) is 4.83. The SMILES string of the molecule is CC1(C)c2cc(-c3cccc(-c4nc(-c5ccccc5)nc(-c5cccc6c5sc5ccccc56)n4)c3)ccc2-c2c1ccc1oc3ccccc3c21. The van der Waals surface area contributed by atoms with E-state index in [0.29, 0.717) is 17.5 Å². The molecule has 0 radical (unpaired) electrons. The number of hydrogen-bond donors (Lipinski definition) is 0. The summed E-state index contributed by atoms with van der Waals surface area (Å²) in [6.07, 6.45) is 0. The Balaban J connectivity index is 1.06. The highest BCUT2D eigenvalue weighted by Crippen LogP contribution is 2.53. The topological polar surface area (TPSA) is 51.8 Å². The molecule has 0 unspecified atom stereocenters. The van der Waals surface area contributed by atoms with Crippen molar-refractivity contribution in [2.24, 2.45) is 0 Å². The number of benzene rings is 7. The van der Waals surface area contributed by atoms with Crippen LogP contribution < -0.4 is 0 Å². The van der Waals surface area contributed by atoms with Gasteiger partial charge in [-0.3, -0.25) is 0 Å². The van der Waals surface area contributed by atoms with Crippen molar-refractivity contribution in [3.63, 3.8) is 0 Å². The number of furan rings is 1. The molecule has 5 heteroatoms. The normalized spacial score (nSPS) is 13.2. The van der Waals surface area contributed by atoms with E-state index in [1.165, 1.54) is 47.8 Å². The fourth-order valence-electron chi connectivity index (χ4n) is 8.32. The van der Waals surface area contributed by atoms with Crippen molar-refractivity contribution in [2.45, 2.75) is 19.3 Å². The van der Waals surface area contributed by atoms with Crippen LogP contribution in [-0.2, 0) is 5.41 Å². The van der Waals surface area contributed by atoms with Crippen LogP contribution in [0.2, 0.25) is 0 Å². The number of para-hydroxylation sites is 1. The zero-order valence-electron chi connectivity index (χ0n) is 29.1. The van der Waals surface area contributed by atoms with Gasteiger partial charge in [0.25, 0.3) is 0 Å². The fraction of sp³-hybridized carbons (Fsp3) is 0.0625. The van der Waals surface area contributed by atoms with Crippen LogP contribution in [0.1, 0.15) is 25.0 Å². The first kappa shape index (κ1) is 30.2. The zero-order chi connectivity index (χ0) is 35.3. The minimum Gasteiger partial charge on any atom is -0.456 e. The summed E-state index contributed by atoms with van der Waals surface area (Å²) >= 11 is 1.79. The zero-order valence-corrected chi connectivity index (χ0v) is 29.9. The molecule has 0 saturated heterocycles. The van der Waals surface area contributed by atoms with E-state index in [9.17, 15) is 0 Å². The van der Waals surface area contributed by atoms with E-state index >= 15 is 0 Å². The average molecular weight is 698 g/mol. The molecule has 3 aromatic heterocycles. The summed E-state index contributed by atoms with van der Waals surface area (Å²) in [5.74, 6) is 1.98. The standard InChI is InChI=1S/C48H31N3OS/c1-48(2)37-24-25-40-43(35-17-6-8-20-39(35)52-40)42(37)34-23-22-30(27-38(34)48)29-14-10-15-31(26-29)46-49-45(28-12-4-3-5-13-28)50-47(51-46)36-19-11-18-33-32-16-7-9-21-41(32)53-44(33)36/h3-27H,1-2H3. The molecule has 53 heavy (non-hydrogen) atoms. The monoisotopic (exact) mass is 697 g/mol. The molecule has 0 aliphatic heterocycles. The third-order valence-corrected chi connectivity index (χ3v) is 12.2. The lowest BCUT2D eigenvalue weighted by atomic mass is 9.81. The first-order valence-electron chi connectivity index (χ1n) is 17.9. The molecule has 1 aliphatic carbocycles. The maximum absolute atomic E-state index is 6.30. The number of thiophene rings is 1. The lowest BCUT2D eigenvalue weighted by Crippen LogP contribution is -2.14. The van der Waals surface area contributed by atoms with Crippen molar-refractivity contribution >= 4 is 53.4 Å². The molecular formula is C48H31N3OS. The smallest absolute Gasteiger partial charge is 0.165 e. The Bertz CT molecular complexity index is 3100. The molecule has 1 aliphatic rings. The van der Waals surface area contributed by atoms with E-state index in [-0.39, 0.29) is 5.41 Å². The molecule has 10 aromatic rings. The summed E-state index contributed by atoms with van der Waals surface area (Å²) in [4.78, 5) is 15.4. The van der Waals surface area contributed by atoms with Gasteiger partial charge in [-0.1, -0.05) is 129 Å². The van der Waals surface area contributed by atoms with Gasteiger partial charge in [-0.2, -0.15) is 0 Å². The predicted molar refractivity (Wildman–Crippen MR) is 219 cm³/mol. The van der Waals surface area contributed by atoms with Gasteiger partial charge in [0, 0.05) is 53.1 Å². The summed E-state index contributed by atoms with van der Waals surface area (Å²) in [6.45, 7) is 4.67. The first-order valence-corrected chi connectivity index (χ1v) is 18.8. The second kappa shape index (κ2) is 11.3. The number of aromatic nitrogens is 3. The van der Waals surface area contributed by atoms with E-state index in [1.54, 1.807) is 11.3 Å². The Labute approximate surface area is 310 Å². The molecule has 250 valence electrons. The quantitative estimate of drug-likeness (QED) is 0.184. The van der Waals surface area contributed by atoms with Gasteiger partial charge in [0.15, 0.2) is 17.5 Å². The van der Waals surface area contributed by atoms with Gasteiger partial charge in [0.1, 0.15) is 11.2 Å². The summed E-state index contributed by atoms with van der Waals surface area (Å²) in [6, 6.07) is 53.5. The van der Waals surface area contributed by atoms with Crippen LogP contribution in [-0.4, -0.2) is 15.0 Å². The number of hydrogen-bond acceptors (Lipinski definition) is 5. The van der Waals surface area contributed by atoms with Gasteiger partial charge in [0.05, 0.1) is 0 Å². The molecule has 3 heterocycles. The van der Waals surface area contributed by atoms with Crippen molar-refractivity contribution in [1.82, 2.24) is 15.0 Å². The highest BCUT2D eigenvalue weighted by atomic mass is 32.1. The lowest BCUT2D eigenvalue weighted by molar-refractivity contribution is 0.657. The summed E-state index contributed by atoms with van der Waals surface area (Å²) in [5.41, 5.74) is 12.1. The molecular weight excluding hydrogens is 667 g/mol. The van der Waals surface area contributed by atoms with Crippen LogP contribution in [0.15, 0.2) is 156 Å². The minimum atomic E-state index is -0.174. The van der Waals surface area contributed by atoms with E-state index in [0.717, 1.165) is 44.4 Å². The Morgan fingerprint density at radius 2 is 1.15 bits per heavy atom. The highest BCUT2D eigenvalue weighted by molar-refractivity contribution is 7.26. The van der Waals surface area contributed by atoms with Crippen LogP contribution in [0.25, 0.3) is 98.5 Å². The van der Waals surface area contributed by atoms with Gasteiger partial charge in [-0.05, 0) is 69.8 Å². The maximum Gasteiger partial charge on any atom is 0.165 e. The van der Waals surface area contributed by atoms with Gasteiger partial charge in [0.2, 0.25) is 0 Å².